The molecule has 3 fully saturated rings. The van der Waals surface area contributed by atoms with Crippen LogP contribution in [-0.4, -0.2) is 57.4 Å². The molecule has 2 unspecified atom stereocenters. The van der Waals surface area contributed by atoms with Crippen molar-refractivity contribution in [1.29, 1.82) is 0 Å². The van der Waals surface area contributed by atoms with Crippen LogP contribution in [-0.2, 0) is 9.53 Å². The third kappa shape index (κ3) is 3.07. The van der Waals surface area contributed by atoms with E-state index in [-0.39, 0.29) is 18.2 Å². The van der Waals surface area contributed by atoms with E-state index in [2.05, 4.69) is 15.0 Å². The summed E-state index contributed by atoms with van der Waals surface area (Å²) in [6.45, 7) is 1.21. The highest BCUT2D eigenvalue weighted by Crippen LogP contribution is 2.48. The molecule has 5 heterocycles. The highest BCUT2D eigenvalue weighted by atomic mass is 19.1. The van der Waals surface area contributed by atoms with Gasteiger partial charge in [0.15, 0.2) is 17.0 Å². The number of fused-ring (bicyclic) bond motifs is 2. The number of carbonyl (C=O) groups excluding carboxylic acids is 1. The number of anilines is 1. The van der Waals surface area contributed by atoms with Crippen LogP contribution in [0.5, 0.6) is 5.75 Å². The number of piperidine rings is 1. The van der Waals surface area contributed by atoms with Gasteiger partial charge in [-0.05, 0) is 42.7 Å². The molecule has 1 amide bonds. The largest absolute Gasteiger partial charge is 0.493 e. The van der Waals surface area contributed by atoms with Crippen LogP contribution in [0.2, 0.25) is 0 Å². The first-order chi connectivity index (χ1) is 16.0. The fourth-order valence-electron chi connectivity index (χ4n) is 5.51. The number of ether oxygens (including phenoxy) is 2. The van der Waals surface area contributed by atoms with Gasteiger partial charge in [0.05, 0.1) is 13.2 Å². The monoisotopic (exact) mass is 455 g/mol. The van der Waals surface area contributed by atoms with Gasteiger partial charge in [-0.3, -0.25) is 4.79 Å². The first kappa shape index (κ1) is 20.3. The van der Waals surface area contributed by atoms with Crippen molar-refractivity contribution in [3.05, 3.63) is 53.9 Å². The van der Waals surface area contributed by atoms with Gasteiger partial charge in [0.1, 0.15) is 30.0 Å². The first-order valence-corrected chi connectivity index (χ1v) is 11.1. The Morgan fingerprint density at radius 2 is 1.88 bits per heavy atom. The van der Waals surface area contributed by atoms with E-state index in [1.807, 2.05) is 12.1 Å². The van der Waals surface area contributed by atoms with E-state index in [0.717, 1.165) is 11.9 Å². The molecule has 0 saturated carbocycles. The summed E-state index contributed by atoms with van der Waals surface area (Å²) in [6, 6.07) is 6.89. The number of amides is 1. The molecule has 3 aliphatic rings. The van der Waals surface area contributed by atoms with Crippen molar-refractivity contribution >= 4 is 17.4 Å². The summed E-state index contributed by atoms with van der Waals surface area (Å²) in [5.41, 5.74) is 0.210. The number of hydrogen-bond acceptors (Lipinski definition) is 6. The molecular weight excluding hydrogens is 432 g/mol. The van der Waals surface area contributed by atoms with E-state index in [0.29, 0.717) is 55.7 Å². The second-order valence-corrected chi connectivity index (χ2v) is 8.82. The molecule has 6 rings (SSSR count). The van der Waals surface area contributed by atoms with Crippen LogP contribution in [0.15, 0.2) is 36.7 Å². The smallest absolute Gasteiger partial charge is 0.257 e. The zero-order valence-electron chi connectivity index (χ0n) is 18.1. The molecule has 0 radical (unpaired) electrons. The zero-order valence-corrected chi connectivity index (χ0v) is 18.1. The number of aromatic nitrogens is 3. The molecule has 0 aliphatic carbocycles. The van der Waals surface area contributed by atoms with Gasteiger partial charge in [-0.25, -0.2) is 13.8 Å². The third-order valence-electron chi connectivity index (χ3n) is 7.07. The lowest BCUT2D eigenvalue weighted by molar-refractivity contribution is -0.140. The van der Waals surface area contributed by atoms with Gasteiger partial charge in [-0.1, -0.05) is 0 Å². The molecule has 8 nitrogen and oxygen atoms in total. The number of pyridine rings is 1. The van der Waals surface area contributed by atoms with E-state index in [9.17, 15) is 13.6 Å². The van der Waals surface area contributed by atoms with Crippen LogP contribution < -0.4 is 9.64 Å². The Labute approximate surface area is 188 Å². The minimum absolute atomic E-state index is 0.0834. The predicted molar refractivity (Wildman–Crippen MR) is 114 cm³/mol. The SMILES string of the molecule is COc1ccc(N2CCC3(CC2)OC2CCC(c4cc(F)cc(F)c4)N2C3=O)n2ncnc12. The number of benzene rings is 1. The maximum atomic E-state index is 13.8. The standard InChI is InChI=1S/C23H23F2N5O3/c1-32-18-3-4-19(30-21(18)26-13-27-30)28-8-6-23(7-9-28)22(31)29-17(2-5-20(29)33-23)14-10-15(24)12-16(25)11-14/h3-4,10-13,17,20H,2,5-9H2,1H3. The molecule has 0 N–H and O–H groups in total. The molecule has 3 aromatic rings. The van der Waals surface area contributed by atoms with Crippen LogP contribution in [0.1, 0.15) is 37.3 Å². The minimum atomic E-state index is -0.903. The Morgan fingerprint density at radius 1 is 1.12 bits per heavy atom. The molecule has 1 aromatic carbocycles. The van der Waals surface area contributed by atoms with Crippen LogP contribution in [0.4, 0.5) is 14.6 Å². The zero-order chi connectivity index (χ0) is 22.7. The van der Waals surface area contributed by atoms with E-state index in [1.54, 1.807) is 16.5 Å². The van der Waals surface area contributed by atoms with Crippen LogP contribution in [0.25, 0.3) is 5.65 Å². The Morgan fingerprint density at radius 3 is 2.61 bits per heavy atom. The quantitative estimate of drug-likeness (QED) is 0.605. The number of carbonyl (C=O) groups is 1. The van der Waals surface area contributed by atoms with Crippen molar-refractivity contribution in [2.45, 2.75) is 43.6 Å². The van der Waals surface area contributed by atoms with Gasteiger partial charge in [0.25, 0.3) is 5.91 Å². The molecule has 0 bridgehead atoms. The van der Waals surface area contributed by atoms with E-state index in [4.69, 9.17) is 9.47 Å². The molecule has 33 heavy (non-hydrogen) atoms. The Kier molecular flexibility index (Phi) is 4.55. The summed E-state index contributed by atoms with van der Waals surface area (Å²) in [4.78, 5) is 21.7. The van der Waals surface area contributed by atoms with Crippen molar-refractivity contribution in [1.82, 2.24) is 19.5 Å². The first-order valence-electron chi connectivity index (χ1n) is 11.1. The minimum Gasteiger partial charge on any atom is -0.493 e. The van der Waals surface area contributed by atoms with Crippen molar-refractivity contribution in [2.24, 2.45) is 0 Å². The second-order valence-electron chi connectivity index (χ2n) is 8.82. The van der Waals surface area contributed by atoms with Crippen LogP contribution in [0, 0.1) is 11.6 Å². The van der Waals surface area contributed by atoms with Gasteiger partial charge >= 0.3 is 0 Å². The third-order valence-corrected chi connectivity index (χ3v) is 7.07. The summed E-state index contributed by atoms with van der Waals surface area (Å²) in [5, 5.41) is 4.33. The van der Waals surface area contributed by atoms with Gasteiger partial charge in [-0.15, -0.1) is 0 Å². The summed E-state index contributed by atoms with van der Waals surface area (Å²) in [6.07, 6.45) is 3.44. The van der Waals surface area contributed by atoms with Crippen LogP contribution in [0.3, 0.4) is 0 Å². The number of methoxy groups -OCH3 is 1. The maximum Gasteiger partial charge on any atom is 0.257 e. The summed E-state index contributed by atoms with van der Waals surface area (Å²) in [5.74, 6) is 0.155. The average Bonchev–Trinajstić information content (AvgIpc) is 3.50. The lowest BCUT2D eigenvalue weighted by Gasteiger charge is -2.38. The average molecular weight is 455 g/mol. The molecule has 172 valence electrons. The van der Waals surface area contributed by atoms with E-state index < -0.39 is 17.2 Å². The second kappa shape index (κ2) is 7.38. The van der Waals surface area contributed by atoms with Crippen molar-refractivity contribution in [3.63, 3.8) is 0 Å². The van der Waals surface area contributed by atoms with Crippen molar-refractivity contribution in [3.8, 4) is 5.75 Å². The van der Waals surface area contributed by atoms with E-state index >= 15 is 0 Å². The number of hydrogen-bond donors (Lipinski definition) is 0. The van der Waals surface area contributed by atoms with Gasteiger partial charge in [0.2, 0.25) is 0 Å². The highest BCUT2D eigenvalue weighted by molar-refractivity contribution is 5.88. The van der Waals surface area contributed by atoms with Crippen molar-refractivity contribution < 1.29 is 23.0 Å². The summed E-state index contributed by atoms with van der Waals surface area (Å²) >= 11 is 0. The molecule has 2 aromatic heterocycles. The predicted octanol–water partition coefficient (Wildman–Crippen LogP) is 3.08. The maximum absolute atomic E-state index is 13.8. The molecule has 10 heteroatoms. The summed E-state index contributed by atoms with van der Waals surface area (Å²) < 4.78 is 41.1. The molecule has 3 saturated heterocycles. The van der Waals surface area contributed by atoms with Gasteiger partial charge < -0.3 is 19.3 Å². The Balaban J connectivity index is 1.23. The van der Waals surface area contributed by atoms with Gasteiger partial charge in [-0.2, -0.15) is 9.61 Å². The Bertz CT molecular complexity index is 1220. The number of rotatable bonds is 3. The van der Waals surface area contributed by atoms with Crippen LogP contribution >= 0.6 is 0 Å². The molecule has 2 atom stereocenters. The lowest BCUT2D eigenvalue weighted by atomic mass is 9.89. The molecule has 3 aliphatic heterocycles. The topological polar surface area (TPSA) is 72.2 Å². The molecular formula is C23H23F2N5O3. The van der Waals surface area contributed by atoms with Gasteiger partial charge in [0, 0.05) is 32.0 Å². The fraction of sp³-hybridized carbons (Fsp3) is 0.435. The lowest BCUT2D eigenvalue weighted by Crippen LogP contribution is -2.50. The fourth-order valence-corrected chi connectivity index (χ4v) is 5.51. The molecule has 1 spiro atoms. The highest BCUT2D eigenvalue weighted by Gasteiger charge is 2.58. The normalized spacial score (nSPS) is 24.2. The van der Waals surface area contributed by atoms with Crippen molar-refractivity contribution in [2.75, 3.05) is 25.1 Å². The number of halogens is 2. The number of nitrogens with zero attached hydrogens (tertiary/aromatic N) is 5. The summed E-state index contributed by atoms with van der Waals surface area (Å²) in [7, 11) is 1.59. The Hall–Kier alpha value is -3.27. The van der Waals surface area contributed by atoms with E-state index in [1.165, 1.54) is 18.5 Å².